The number of nitrogens with zero attached hydrogens (tertiary/aromatic N) is 1. The molecule has 0 fully saturated rings. The number of aryl methyl sites for hydroxylation is 1. The molecule has 1 atom stereocenters. The highest BCUT2D eigenvalue weighted by atomic mass is 32.2. The molecule has 0 aliphatic rings. The lowest BCUT2D eigenvalue weighted by molar-refractivity contribution is -1.00. The van der Waals surface area contributed by atoms with Crippen LogP contribution in [0.1, 0.15) is 121 Å². The van der Waals surface area contributed by atoms with Crippen molar-refractivity contribution in [1.29, 1.82) is 0 Å². The van der Waals surface area contributed by atoms with Crippen molar-refractivity contribution < 1.29 is 22.4 Å². The summed E-state index contributed by atoms with van der Waals surface area (Å²) >= 11 is 0. The van der Waals surface area contributed by atoms with Gasteiger partial charge in [0.05, 0.1) is 4.90 Å². The molecule has 41 heavy (non-hydrogen) atoms. The minimum Gasteiger partial charge on any atom is -0.744 e. The van der Waals surface area contributed by atoms with E-state index < -0.39 is 15.8 Å². The van der Waals surface area contributed by atoms with Gasteiger partial charge in [-0.3, -0.25) is 10.5 Å². The summed E-state index contributed by atoms with van der Waals surface area (Å²) < 4.78 is 31.6. The predicted molar refractivity (Wildman–Crippen MR) is 168 cm³/mol. The molecule has 0 aromatic heterocycles. The Morgan fingerprint density at radius 2 is 1.27 bits per heavy atom. The van der Waals surface area contributed by atoms with Crippen LogP contribution in [0.25, 0.3) is 0 Å². The average molecular weight is 590 g/mol. The lowest BCUT2D eigenvalue weighted by Gasteiger charge is -2.47. The van der Waals surface area contributed by atoms with Gasteiger partial charge in [-0.2, -0.15) is 5.43 Å². The Hall–Kier alpha value is -2.26. The van der Waals surface area contributed by atoms with Crippen molar-refractivity contribution in [2.75, 3.05) is 13.1 Å². The van der Waals surface area contributed by atoms with Crippen LogP contribution in [0.3, 0.4) is 0 Å². The fourth-order valence-corrected chi connectivity index (χ4v) is 5.39. The van der Waals surface area contributed by atoms with Gasteiger partial charge in [0.1, 0.15) is 23.2 Å². The van der Waals surface area contributed by atoms with Crippen molar-refractivity contribution in [1.82, 2.24) is 5.43 Å². The molecule has 0 bridgehead atoms. The van der Waals surface area contributed by atoms with Crippen LogP contribution in [0.2, 0.25) is 0 Å². The van der Waals surface area contributed by atoms with Gasteiger partial charge in [0.25, 0.3) is 5.91 Å². The molecular weight excluding hydrogens is 534 g/mol. The number of quaternary nitrogens is 1. The summed E-state index contributed by atoms with van der Waals surface area (Å²) in [7, 11) is -4.27. The number of benzene rings is 2. The zero-order valence-electron chi connectivity index (χ0n) is 26.2. The highest BCUT2D eigenvalue weighted by Gasteiger charge is 2.42. The van der Waals surface area contributed by atoms with E-state index >= 15 is 0 Å². The standard InChI is InChI=1S/C26H47N3O.C7H8O3S/c1-5-7-8-9-10-11-12-13-14-15-19-23-29(22-6-2,26(3,4)27)28-25(30)24-20-17-16-18-21-24;1-6-2-4-7(5-3-6)11(8,9)10/h16-18,20-21H,5-15,19,22-23,27H2,1-4H3;2-5H,1H3,(H,8,9,10). The number of carbonyl (C=O) groups is 1. The van der Waals surface area contributed by atoms with Gasteiger partial charge in [0.15, 0.2) is 5.66 Å². The van der Waals surface area contributed by atoms with Crippen LogP contribution >= 0.6 is 0 Å². The molecule has 7 nitrogen and oxygen atoms in total. The molecule has 2 rings (SSSR count). The highest BCUT2D eigenvalue weighted by molar-refractivity contribution is 7.85. The second-order valence-electron chi connectivity index (χ2n) is 11.7. The van der Waals surface area contributed by atoms with Crippen molar-refractivity contribution >= 4 is 16.0 Å². The zero-order valence-corrected chi connectivity index (χ0v) is 27.0. The van der Waals surface area contributed by atoms with E-state index in [1.54, 1.807) is 12.1 Å². The number of hydrogen-bond acceptors (Lipinski definition) is 5. The number of rotatable bonds is 18. The molecule has 2 aromatic carbocycles. The predicted octanol–water partition coefficient (Wildman–Crippen LogP) is 7.46. The van der Waals surface area contributed by atoms with Gasteiger partial charge in [-0.1, -0.05) is 108 Å². The fourth-order valence-electron chi connectivity index (χ4n) is 4.93. The van der Waals surface area contributed by atoms with Crippen LogP contribution in [0.5, 0.6) is 0 Å². The first-order valence-electron chi connectivity index (χ1n) is 15.4. The molecule has 0 heterocycles. The Morgan fingerprint density at radius 1 is 0.780 bits per heavy atom. The number of amides is 1. The van der Waals surface area contributed by atoms with Gasteiger partial charge in [0.2, 0.25) is 0 Å². The van der Waals surface area contributed by atoms with Gasteiger partial charge in [-0.25, -0.2) is 13.0 Å². The Morgan fingerprint density at radius 3 is 1.71 bits per heavy atom. The summed E-state index contributed by atoms with van der Waals surface area (Å²) in [5.74, 6) is -0.0364. The van der Waals surface area contributed by atoms with Gasteiger partial charge in [0, 0.05) is 19.4 Å². The Labute approximate surface area is 250 Å². The maximum Gasteiger partial charge on any atom is 0.296 e. The average Bonchev–Trinajstić information content (AvgIpc) is 2.91. The molecule has 3 N–H and O–H groups in total. The van der Waals surface area contributed by atoms with E-state index in [0.29, 0.717) is 10.2 Å². The molecule has 0 saturated heterocycles. The number of hydrogen-bond donors (Lipinski definition) is 2. The van der Waals surface area contributed by atoms with E-state index in [1.165, 1.54) is 76.3 Å². The maximum absolute atomic E-state index is 12.9. The molecule has 2 aromatic rings. The van der Waals surface area contributed by atoms with E-state index in [2.05, 4.69) is 19.3 Å². The van der Waals surface area contributed by atoms with Gasteiger partial charge in [-0.15, -0.1) is 0 Å². The molecule has 0 aliphatic heterocycles. The summed E-state index contributed by atoms with van der Waals surface area (Å²) in [6, 6.07) is 15.2. The fraction of sp³-hybridized carbons (Fsp3) is 0.606. The van der Waals surface area contributed by atoms with E-state index in [0.717, 1.165) is 31.5 Å². The molecule has 0 radical (unpaired) electrons. The largest absolute Gasteiger partial charge is 0.744 e. The van der Waals surface area contributed by atoms with Gasteiger partial charge in [-0.05, 0) is 50.5 Å². The Balaban J connectivity index is 0.000000634. The van der Waals surface area contributed by atoms with E-state index in [-0.39, 0.29) is 10.8 Å². The number of nitrogens with one attached hydrogen (secondary N) is 1. The monoisotopic (exact) mass is 589 g/mol. The summed E-state index contributed by atoms with van der Waals surface area (Å²) in [5.41, 5.74) is 11.0. The minimum atomic E-state index is -4.27. The van der Waals surface area contributed by atoms with Crippen molar-refractivity contribution in [2.24, 2.45) is 5.73 Å². The van der Waals surface area contributed by atoms with E-state index in [9.17, 15) is 17.8 Å². The first-order valence-corrected chi connectivity index (χ1v) is 16.8. The highest BCUT2D eigenvalue weighted by Crippen LogP contribution is 2.21. The molecule has 8 heteroatoms. The van der Waals surface area contributed by atoms with E-state index in [1.807, 2.05) is 51.1 Å². The van der Waals surface area contributed by atoms with Crippen LogP contribution in [-0.4, -0.2) is 42.2 Å². The molecule has 1 amide bonds. The normalized spacial score (nSPS) is 13.1. The summed E-state index contributed by atoms with van der Waals surface area (Å²) in [4.78, 5) is 12.7. The smallest absolute Gasteiger partial charge is 0.296 e. The minimum absolute atomic E-state index is 0.0364. The first kappa shape index (κ1) is 36.8. The van der Waals surface area contributed by atoms with Crippen molar-refractivity contribution in [2.45, 2.75) is 122 Å². The van der Waals surface area contributed by atoms with Gasteiger partial charge < -0.3 is 4.55 Å². The SMILES string of the molecule is CCCCCCCCCCCCC[N+](CCC)(NC(=O)c1ccccc1)C(C)(C)N.Cc1ccc(S(=O)(=O)[O-])cc1. The number of unbranched alkanes of at least 4 members (excludes halogenated alkanes) is 10. The van der Waals surface area contributed by atoms with Crippen LogP contribution in [0.15, 0.2) is 59.5 Å². The number of nitrogens with two attached hydrogens (primary N) is 1. The molecule has 0 spiro atoms. The van der Waals surface area contributed by atoms with Crippen molar-refractivity contribution in [3.63, 3.8) is 0 Å². The summed E-state index contributed by atoms with van der Waals surface area (Å²) in [6.07, 6.45) is 15.5. The second kappa shape index (κ2) is 19.0. The molecule has 0 saturated carbocycles. The third kappa shape index (κ3) is 14.5. The third-order valence-corrected chi connectivity index (χ3v) is 8.36. The van der Waals surface area contributed by atoms with Crippen LogP contribution in [-0.2, 0) is 10.1 Å². The quantitative estimate of drug-likeness (QED) is 0.0616. The van der Waals surface area contributed by atoms with Crippen molar-refractivity contribution in [3.05, 3.63) is 65.7 Å². The molecule has 232 valence electrons. The zero-order chi connectivity index (χ0) is 30.8. The first-order chi connectivity index (χ1) is 19.4. The van der Waals surface area contributed by atoms with Crippen LogP contribution < -0.4 is 11.2 Å². The summed E-state index contributed by atoms with van der Waals surface area (Å²) in [6.45, 7) is 12.0. The van der Waals surface area contributed by atoms with Crippen molar-refractivity contribution in [3.8, 4) is 0 Å². The molecule has 0 aliphatic carbocycles. The second-order valence-corrected chi connectivity index (χ2v) is 13.1. The van der Waals surface area contributed by atoms with Crippen LogP contribution in [0.4, 0.5) is 0 Å². The molecular formula is C33H55N3O4S. The van der Waals surface area contributed by atoms with E-state index in [4.69, 9.17) is 5.73 Å². The maximum atomic E-state index is 12.9. The molecule has 1 unspecified atom stereocenters. The lowest BCUT2D eigenvalue weighted by Crippen LogP contribution is -2.74. The topological polar surface area (TPSA) is 112 Å². The lowest BCUT2D eigenvalue weighted by atomic mass is 10.0. The Kier molecular flexibility index (Phi) is 17.1. The van der Waals surface area contributed by atoms with Gasteiger partial charge >= 0.3 is 0 Å². The number of carbonyl (C=O) groups excluding carboxylic acids is 1. The Bertz CT molecular complexity index is 1080. The van der Waals surface area contributed by atoms with Crippen LogP contribution in [0, 0.1) is 6.92 Å². The summed E-state index contributed by atoms with van der Waals surface area (Å²) in [5, 5.41) is 0. The third-order valence-electron chi connectivity index (χ3n) is 7.51.